The molecule has 0 atom stereocenters. The minimum Gasteiger partial charge on any atom is -0.367 e. The maximum atomic E-state index is 12.3. The van der Waals surface area contributed by atoms with Crippen molar-refractivity contribution < 1.29 is 9.32 Å². The average molecular weight is 300 g/mol. The third-order valence-corrected chi connectivity index (χ3v) is 3.78. The van der Waals surface area contributed by atoms with Crippen LogP contribution in [0, 0.1) is 0 Å². The molecule has 0 aliphatic carbocycles. The lowest BCUT2D eigenvalue weighted by Crippen LogP contribution is -2.23. The molecule has 0 radical (unpaired) electrons. The summed E-state index contributed by atoms with van der Waals surface area (Å²) >= 11 is 1.47. The van der Waals surface area contributed by atoms with Gasteiger partial charge in [-0.2, -0.15) is 0 Å². The van der Waals surface area contributed by atoms with Crippen molar-refractivity contribution >= 4 is 23.1 Å². The summed E-state index contributed by atoms with van der Waals surface area (Å²) in [6, 6.07) is 7.40. The molecule has 106 valence electrons. The summed E-state index contributed by atoms with van der Waals surface area (Å²) in [5, 5.41) is 8.58. The zero-order valence-electron chi connectivity index (χ0n) is 10.9. The van der Waals surface area contributed by atoms with E-state index >= 15 is 0 Å². The van der Waals surface area contributed by atoms with Crippen LogP contribution in [0.3, 0.4) is 0 Å². The number of nitrogens with two attached hydrogens (primary N) is 1. The van der Waals surface area contributed by atoms with Crippen LogP contribution in [0.2, 0.25) is 0 Å². The molecular formula is C14H12N4O2S. The Hall–Kier alpha value is -2.67. The predicted molar refractivity (Wildman–Crippen MR) is 79.6 cm³/mol. The fourth-order valence-corrected chi connectivity index (χ4v) is 2.59. The van der Waals surface area contributed by atoms with Gasteiger partial charge in [0.25, 0.3) is 5.91 Å². The van der Waals surface area contributed by atoms with E-state index in [4.69, 9.17) is 10.3 Å². The zero-order valence-corrected chi connectivity index (χ0v) is 11.8. The number of hydrogen-bond acceptors (Lipinski definition) is 6. The van der Waals surface area contributed by atoms with Gasteiger partial charge in [0.2, 0.25) is 5.88 Å². The van der Waals surface area contributed by atoms with E-state index < -0.39 is 0 Å². The van der Waals surface area contributed by atoms with Crippen LogP contribution in [-0.2, 0) is 6.54 Å². The Morgan fingerprint density at radius 1 is 1.33 bits per heavy atom. The van der Waals surface area contributed by atoms with E-state index in [2.05, 4.69) is 15.5 Å². The molecule has 3 N–H and O–H groups in total. The third-order valence-electron chi connectivity index (χ3n) is 2.90. The summed E-state index contributed by atoms with van der Waals surface area (Å²) in [5.74, 6) is -0.292. The van der Waals surface area contributed by atoms with Gasteiger partial charge < -0.3 is 15.6 Å². The first-order valence-electron chi connectivity index (χ1n) is 6.22. The van der Waals surface area contributed by atoms with Crippen molar-refractivity contribution in [1.82, 2.24) is 15.5 Å². The maximum Gasteiger partial charge on any atom is 0.259 e. The summed E-state index contributed by atoms with van der Waals surface area (Å²) in [6.45, 7) is 0.385. The lowest BCUT2D eigenvalue weighted by molar-refractivity contribution is 0.0952. The first kappa shape index (κ1) is 13.3. The summed E-state index contributed by atoms with van der Waals surface area (Å²) in [7, 11) is 0. The summed E-state index contributed by atoms with van der Waals surface area (Å²) in [5.41, 5.74) is 7.41. The standard InChI is InChI=1S/C14H12N4O2S/c15-13-11(12(18-20-13)10-2-1-7-21-10)14(19)17-8-9-3-5-16-6-4-9/h1-7H,8,15H2,(H,17,19). The molecule has 3 heterocycles. The number of carbonyl (C=O) groups is 1. The molecule has 0 saturated heterocycles. The largest absolute Gasteiger partial charge is 0.367 e. The molecule has 7 heteroatoms. The Morgan fingerprint density at radius 2 is 2.14 bits per heavy atom. The second-order valence-corrected chi connectivity index (χ2v) is 5.23. The van der Waals surface area contributed by atoms with Crippen LogP contribution in [0.15, 0.2) is 46.6 Å². The van der Waals surface area contributed by atoms with Crippen LogP contribution < -0.4 is 11.1 Å². The van der Waals surface area contributed by atoms with E-state index in [1.54, 1.807) is 12.4 Å². The van der Waals surface area contributed by atoms with Crippen LogP contribution in [0.25, 0.3) is 10.6 Å². The SMILES string of the molecule is Nc1onc(-c2cccs2)c1C(=O)NCc1ccncc1. The fraction of sp³-hybridized carbons (Fsp3) is 0.0714. The highest BCUT2D eigenvalue weighted by Gasteiger charge is 2.22. The van der Waals surface area contributed by atoms with Crippen LogP contribution in [-0.4, -0.2) is 16.0 Å². The Balaban J connectivity index is 1.80. The molecule has 0 fully saturated rings. The highest BCUT2D eigenvalue weighted by Crippen LogP contribution is 2.30. The lowest BCUT2D eigenvalue weighted by Gasteiger charge is -2.04. The van der Waals surface area contributed by atoms with Crippen molar-refractivity contribution in [3.8, 4) is 10.6 Å². The van der Waals surface area contributed by atoms with Crippen molar-refractivity contribution in [3.05, 3.63) is 53.2 Å². The molecule has 0 aliphatic rings. The van der Waals surface area contributed by atoms with E-state index in [-0.39, 0.29) is 17.4 Å². The number of amides is 1. The molecule has 0 aliphatic heterocycles. The van der Waals surface area contributed by atoms with Crippen LogP contribution >= 0.6 is 11.3 Å². The van der Waals surface area contributed by atoms with E-state index in [1.165, 1.54) is 11.3 Å². The molecule has 1 amide bonds. The molecule has 6 nitrogen and oxygen atoms in total. The molecule has 0 spiro atoms. The Kier molecular flexibility index (Phi) is 3.65. The van der Waals surface area contributed by atoms with E-state index in [0.717, 1.165) is 10.4 Å². The fourth-order valence-electron chi connectivity index (χ4n) is 1.88. The maximum absolute atomic E-state index is 12.3. The van der Waals surface area contributed by atoms with Gasteiger partial charge >= 0.3 is 0 Å². The van der Waals surface area contributed by atoms with Gasteiger partial charge in [-0.3, -0.25) is 9.78 Å². The van der Waals surface area contributed by atoms with Crippen molar-refractivity contribution in [2.75, 3.05) is 5.73 Å². The van der Waals surface area contributed by atoms with Gasteiger partial charge in [0.1, 0.15) is 11.3 Å². The summed E-state index contributed by atoms with van der Waals surface area (Å²) in [4.78, 5) is 17.1. The highest BCUT2D eigenvalue weighted by atomic mass is 32.1. The summed E-state index contributed by atoms with van der Waals surface area (Å²) < 4.78 is 4.96. The molecule has 0 unspecified atom stereocenters. The minimum absolute atomic E-state index is 0.0191. The number of nitrogens with zero attached hydrogens (tertiary/aromatic N) is 2. The number of aromatic nitrogens is 2. The second kappa shape index (κ2) is 5.76. The van der Waals surface area contributed by atoms with Gasteiger partial charge in [-0.1, -0.05) is 11.2 Å². The first-order valence-corrected chi connectivity index (χ1v) is 7.10. The van der Waals surface area contributed by atoms with Gasteiger partial charge in [-0.25, -0.2) is 0 Å². The van der Waals surface area contributed by atoms with Crippen molar-refractivity contribution in [1.29, 1.82) is 0 Å². The van der Waals surface area contributed by atoms with Gasteiger partial charge in [0, 0.05) is 18.9 Å². The number of hydrogen-bond donors (Lipinski definition) is 2. The molecular weight excluding hydrogens is 288 g/mol. The quantitative estimate of drug-likeness (QED) is 0.771. The van der Waals surface area contributed by atoms with E-state index in [1.807, 2.05) is 29.6 Å². The lowest BCUT2D eigenvalue weighted by atomic mass is 10.2. The van der Waals surface area contributed by atoms with Gasteiger partial charge in [-0.05, 0) is 29.1 Å². The number of nitrogens with one attached hydrogen (secondary N) is 1. The normalized spacial score (nSPS) is 10.5. The van der Waals surface area contributed by atoms with Crippen molar-refractivity contribution in [2.45, 2.75) is 6.54 Å². The van der Waals surface area contributed by atoms with Gasteiger partial charge in [0.05, 0.1) is 4.88 Å². The second-order valence-electron chi connectivity index (χ2n) is 4.29. The predicted octanol–water partition coefficient (Wildman–Crippen LogP) is 2.31. The number of anilines is 1. The number of pyridine rings is 1. The molecule has 0 bridgehead atoms. The Labute approximate surface area is 124 Å². The monoisotopic (exact) mass is 300 g/mol. The first-order chi connectivity index (χ1) is 10.3. The topological polar surface area (TPSA) is 94.0 Å². The van der Waals surface area contributed by atoms with Crippen molar-refractivity contribution in [3.63, 3.8) is 0 Å². The van der Waals surface area contributed by atoms with E-state index in [0.29, 0.717) is 12.2 Å². The highest BCUT2D eigenvalue weighted by molar-refractivity contribution is 7.13. The van der Waals surface area contributed by atoms with Crippen molar-refractivity contribution in [2.24, 2.45) is 0 Å². The third kappa shape index (κ3) is 2.77. The Bertz CT molecular complexity index is 738. The number of nitrogen functional groups attached to an aromatic ring is 1. The molecule has 21 heavy (non-hydrogen) atoms. The molecule has 0 saturated carbocycles. The number of carbonyl (C=O) groups excluding carboxylic acids is 1. The average Bonchev–Trinajstić information content (AvgIpc) is 3.15. The number of rotatable bonds is 4. The molecule has 3 aromatic rings. The van der Waals surface area contributed by atoms with Gasteiger partial charge in [0.15, 0.2) is 0 Å². The van der Waals surface area contributed by atoms with E-state index in [9.17, 15) is 4.79 Å². The molecule has 3 rings (SSSR count). The van der Waals surface area contributed by atoms with Crippen LogP contribution in [0.4, 0.5) is 5.88 Å². The Morgan fingerprint density at radius 3 is 2.86 bits per heavy atom. The zero-order chi connectivity index (χ0) is 14.7. The van der Waals surface area contributed by atoms with Gasteiger partial charge in [-0.15, -0.1) is 11.3 Å². The van der Waals surface area contributed by atoms with Crippen LogP contribution in [0.5, 0.6) is 0 Å². The van der Waals surface area contributed by atoms with Crippen LogP contribution in [0.1, 0.15) is 15.9 Å². The minimum atomic E-state index is -0.311. The summed E-state index contributed by atoms with van der Waals surface area (Å²) in [6.07, 6.45) is 3.35. The molecule has 0 aromatic carbocycles. The number of thiophene rings is 1. The smallest absolute Gasteiger partial charge is 0.259 e. The molecule has 3 aromatic heterocycles.